The number of aromatic nitrogens is 1. The van der Waals surface area contributed by atoms with Crippen LogP contribution < -0.4 is 5.73 Å². The van der Waals surface area contributed by atoms with Crippen LogP contribution in [0.1, 0.15) is 43.1 Å². The lowest BCUT2D eigenvalue weighted by Crippen LogP contribution is -2.02. The van der Waals surface area contributed by atoms with Crippen LogP contribution in [0.5, 0.6) is 0 Å². The third kappa shape index (κ3) is 5.01. The van der Waals surface area contributed by atoms with E-state index < -0.39 is 0 Å². The first-order chi connectivity index (χ1) is 11.6. The lowest BCUT2D eigenvalue weighted by molar-refractivity contribution is 0.300. The summed E-state index contributed by atoms with van der Waals surface area (Å²) in [5.74, 6) is 0.623. The number of nitrogens with one attached hydrogen (secondary N) is 1. The molecule has 2 heterocycles. The minimum Gasteiger partial charge on any atom is -0.495 e. The maximum absolute atomic E-state index is 6.19. The monoisotopic (exact) mass is 325 g/mol. The molecule has 1 aromatic heterocycles. The van der Waals surface area contributed by atoms with Gasteiger partial charge in [-0.25, -0.2) is 0 Å². The van der Waals surface area contributed by atoms with Crippen molar-refractivity contribution in [3.8, 4) is 0 Å². The van der Waals surface area contributed by atoms with Crippen LogP contribution in [0.3, 0.4) is 0 Å². The Morgan fingerprint density at radius 2 is 2.21 bits per heavy atom. The Morgan fingerprint density at radius 3 is 2.88 bits per heavy atom. The van der Waals surface area contributed by atoms with E-state index in [1.807, 2.05) is 30.4 Å². The van der Waals surface area contributed by atoms with Gasteiger partial charge in [0.05, 0.1) is 18.5 Å². The van der Waals surface area contributed by atoms with E-state index in [1.54, 1.807) is 13.3 Å². The van der Waals surface area contributed by atoms with Crippen molar-refractivity contribution in [2.75, 3.05) is 7.11 Å². The molecule has 1 aromatic rings. The highest BCUT2D eigenvalue weighted by molar-refractivity contribution is 5.77. The summed E-state index contributed by atoms with van der Waals surface area (Å²) in [6.07, 6.45) is 16.0. The SMILES string of the molecule is CCCCCc1cc(C=C(N)C(=CC=C2C=CC=N2)OC)[nH]c1C. The molecule has 128 valence electrons. The number of hydrogen-bond acceptors (Lipinski definition) is 3. The number of hydrogen-bond donors (Lipinski definition) is 2. The molecule has 0 saturated carbocycles. The predicted molar refractivity (Wildman–Crippen MR) is 102 cm³/mol. The van der Waals surface area contributed by atoms with Crippen molar-refractivity contribution in [2.45, 2.75) is 39.5 Å². The van der Waals surface area contributed by atoms with Crippen molar-refractivity contribution in [1.82, 2.24) is 4.98 Å². The molecular formula is C20H27N3O. The van der Waals surface area contributed by atoms with Crippen molar-refractivity contribution in [2.24, 2.45) is 10.7 Å². The van der Waals surface area contributed by atoms with E-state index in [-0.39, 0.29) is 0 Å². The lowest BCUT2D eigenvalue weighted by Gasteiger charge is -2.05. The molecule has 1 aliphatic heterocycles. The van der Waals surface area contributed by atoms with Crippen LogP contribution in [-0.4, -0.2) is 18.3 Å². The molecule has 3 N–H and O–H groups in total. The molecule has 0 fully saturated rings. The minimum atomic E-state index is 0.585. The number of aliphatic imine (C=N–C) groups is 1. The van der Waals surface area contributed by atoms with Gasteiger partial charge in [0.25, 0.3) is 0 Å². The zero-order chi connectivity index (χ0) is 17.4. The molecule has 0 aromatic carbocycles. The van der Waals surface area contributed by atoms with Crippen LogP contribution in [0.25, 0.3) is 6.08 Å². The molecule has 1 aliphatic rings. The summed E-state index contributed by atoms with van der Waals surface area (Å²) in [7, 11) is 1.62. The maximum Gasteiger partial charge on any atom is 0.141 e. The van der Waals surface area contributed by atoms with Gasteiger partial charge in [0, 0.05) is 17.6 Å². The number of rotatable bonds is 8. The number of aromatic amines is 1. The molecule has 0 aliphatic carbocycles. The fourth-order valence-corrected chi connectivity index (χ4v) is 2.63. The second kappa shape index (κ2) is 8.96. The van der Waals surface area contributed by atoms with Crippen LogP contribution >= 0.6 is 0 Å². The first-order valence-electron chi connectivity index (χ1n) is 8.46. The minimum absolute atomic E-state index is 0.585. The Morgan fingerprint density at radius 1 is 1.38 bits per heavy atom. The van der Waals surface area contributed by atoms with Gasteiger partial charge in [0.2, 0.25) is 0 Å². The van der Waals surface area contributed by atoms with Gasteiger partial charge in [-0.15, -0.1) is 0 Å². The van der Waals surface area contributed by atoms with Crippen molar-refractivity contribution in [3.63, 3.8) is 0 Å². The number of aryl methyl sites for hydroxylation is 2. The maximum atomic E-state index is 6.19. The number of H-pyrrole nitrogens is 1. The number of allylic oxidation sites excluding steroid dienone is 4. The molecule has 0 unspecified atom stereocenters. The summed E-state index contributed by atoms with van der Waals surface area (Å²) in [5, 5.41) is 0. The van der Waals surface area contributed by atoms with Crippen molar-refractivity contribution >= 4 is 12.3 Å². The van der Waals surface area contributed by atoms with E-state index in [4.69, 9.17) is 10.5 Å². The highest BCUT2D eigenvalue weighted by Crippen LogP contribution is 2.17. The third-order valence-electron chi connectivity index (χ3n) is 3.99. The van der Waals surface area contributed by atoms with E-state index in [0.29, 0.717) is 11.5 Å². The van der Waals surface area contributed by atoms with Crippen LogP contribution in [0, 0.1) is 6.92 Å². The Labute approximate surface area is 144 Å². The second-order valence-corrected chi connectivity index (χ2v) is 5.90. The average molecular weight is 325 g/mol. The van der Waals surface area contributed by atoms with Crippen molar-refractivity contribution in [3.05, 3.63) is 64.5 Å². The Bertz CT molecular complexity index is 688. The molecule has 4 nitrogen and oxygen atoms in total. The molecule has 0 bridgehead atoms. The normalized spacial score (nSPS) is 16.4. The second-order valence-electron chi connectivity index (χ2n) is 5.90. The molecule has 0 spiro atoms. The van der Waals surface area contributed by atoms with Gasteiger partial charge in [-0.3, -0.25) is 4.99 Å². The van der Waals surface area contributed by atoms with E-state index in [9.17, 15) is 0 Å². The van der Waals surface area contributed by atoms with Gasteiger partial charge < -0.3 is 15.5 Å². The highest BCUT2D eigenvalue weighted by atomic mass is 16.5. The van der Waals surface area contributed by atoms with Gasteiger partial charge in [-0.2, -0.15) is 0 Å². The van der Waals surface area contributed by atoms with Crippen LogP contribution in [0.4, 0.5) is 0 Å². The average Bonchev–Trinajstić information content (AvgIpc) is 3.18. The quantitative estimate of drug-likeness (QED) is 0.422. The summed E-state index contributed by atoms with van der Waals surface area (Å²) < 4.78 is 5.39. The Hall–Kier alpha value is -2.49. The van der Waals surface area contributed by atoms with Gasteiger partial charge in [0.15, 0.2) is 0 Å². The Kier molecular flexibility index (Phi) is 6.67. The molecule has 0 atom stereocenters. The molecule has 0 radical (unpaired) electrons. The molecule has 0 amide bonds. The largest absolute Gasteiger partial charge is 0.495 e. The lowest BCUT2D eigenvalue weighted by atomic mass is 10.1. The summed E-state index contributed by atoms with van der Waals surface area (Å²) >= 11 is 0. The Balaban J connectivity index is 2.12. The molecule has 0 saturated heterocycles. The van der Waals surface area contributed by atoms with Crippen LogP contribution in [-0.2, 0) is 11.2 Å². The third-order valence-corrected chi connectivity index (χ3v) is 3.99. The van der Waals surface area contributed by atoms with E-state index in [2.05, 4.69) is 29.9 Å². The number of nitrogens with zero attached hydrogens (tertiary/aromatic N) is 1. The zero-order valence-electron chi connectivity index (χ0n) is 14.8. The smallest absolute Gasteiger partial charge is 0.141 e. The summed E-state index contributed by atoms with van der Waals surface area (Å²) in [5.41, 5.74) is 11.2. The van der Waals surface area contributed by atoms with Crippen LogP contribution in [0.2, 0.25) is 0 Å². The van der Waals surface area contributed by atoms with Crippen molar-refractivity contribution in [1.29, 1.82) is 0 Å². The summed E-state index contributed by atoms with van der Waals surface area (Å²) in [6, 6.07) is 2.17. The number of unbranched alkanes of at least 4 members (excludes halogenated alkanes) is 2. The van der Waals surface area contributed by atoms with Gasteiger partial charge in [0.1, 0.15) is 5.76 Å². The fourth-order valence-electron chi connectivity index (χ4n) is 2.63. The number of nitrogens with two attached hydrogens (primary N) is 1. The van der Waals surface area contributed by atoms with Gasteiger partial charge in [-0.1, -0.05) is 19.8 Å². The molecule has 24 heavy (non-hydrogen) atoms. The van der Waals surface area contributed by atoms with E-state index >= 15 is 0 Å². The molecular weight excluding hydrogens is 298 g/mol. The van der Waals surface area contributed by atoms with E-state index in [1.165, 1.54) is 30.5 Å². The highest BCUT2D eigenvalue weighted by Gasteiger charge is 2.06. The standard InChI is InChI=1S/C20H27N3O/c1-4-5-6-8-16-13-18(23-15(16)2)14-19(21)20(24-3)11-10-17-9-7-12-22-17/h7,9-14,23H,4-6,8,21H2,1-3H3. The first-order valence-corrected chi connectivity index (χ1v) is 8.46. The first kappa shape index (κ1) is 17.9. The molecule has 2 rings (SSSR count). The number of ether oxygens (including phenoxy) is 1. The predicted octanol–water partition coefficient (Wildman–Crippen LogP) is 4.41. The summed E-state index contributed by atoms with van der Waals surface area (Å²) in [4.78, 5) is 7.58. The fraction of sp³-hybridized carbons (Fsp3) is 0.350. The van der Waals surface area contributed by atoms with E-state index in [0.717, 1.165) is 17.8 Å². The molecule has 4 heteroatoms. The topological polar surface area (TPSA) is 63.4 Å². The summed E-state index contributed by atoms with van der Waals surface area (Å²) in [6.45, 7) is 4.33. The zero-order valence-corrected chi connectivity index (χ0v) is 14.8. The van der Waals surface area contributed by atoms with Gasteiger partial charge >= 0.3 is 0 Å². The number of methoxy groups -OCH3 is 1. The van der Waals surface area contributed by atoms with Crippen molar-refractivity contribution < 1.29 is 4.74 Å². The van der Waals surface area contributed by atoms with Crippen LogP contribution in [0.15, 0.2) is 52.5 Å². The van der Waals surface area contributed by atoms with Gasteiger partial charge in [-0.05, 0) is 61.8 Å².